The van der Waals surface area contributed by atoms with E-state index in [2.05, 4.69) is 19.1 Å². The average molecular weight is 400 g/mol. The fraction of sp³-hybridized carbons (Fsp3) is 0.364. The monoisotopic (exact) mass is 400 g/mol. The van der Waals surface area contributed by atoms with Crippen LogP contribution in [-0.2, 0) is 11.2 Å². The van der Waals surface area contributed by atoms with Gasteiger partial charge in [-0.05, 0) is 35.1 Å². The van der Waals surface area contributed by atoms with Gasteiger partial charge in [-0.2, -0.15) is 0 Å². The normalized spacial score (nSPS) is 28.0. The lowest BCUT2D eigenvalue weighted by Crippen LogP contribution is -2.55. The molecule has 6 heteroatoms. The standard InChI is InChI=1S/C22H24O5S/c1-12-15-7-2-3-8-17(15)28-18(12)10-13-5-4-6-14(9-13)22-21(26)20(25)19(24)16(11-23)27-22/h2-9,16,19-26H,10-11H2,1H3/t16?,19-,20?,21-,22?/m1/s1. The van der Waals surface area contributed by atoms with Crippen LogP contribution in [0.2, 0.25) is 0 Å². The van der Waals surface area contributed by atoms with Crippen LogP contribution in [0.25, 0.3) is 10.1 Å². The van der Waals surface area contributed by atoms with Gasteiger partial charge in [0.05, 0.1) is 6.61 Å². The lowest BCUT2D eigenvalue weighted by atomic mass is 9.90. The second kappa shape index (κ2) is 7.91. The highest BCUT2D eigenvalue weighted by molar-refractivity contribution is 7.19. The lowest BCUT2D eigenvalue weighted by molar-refractivity contribution is -0.231. The van der Waals surface area contributed by atoms with Crippen molar-refractivity contribution < 1.29 is 25.2 Å². The van der Waals surface area contributed by atoms with E-state index in [1.54, 1.807) is 11.3 Å². The third-order valence-electron chi connectivity index (χ3n) is 5.48. The molecule has 28 heavy (non-hydrogen) atoms. The molecule has 1 aliphatic rings. The fourth-order valence-corrected chi connectivity index (χ4v) is 5.08. The molecule has 2 aromatic carbocycles. The number of benzene rings is 2. The van der Waals surface area contributed by atoms with Gasteiger partial charge in [-0.15, -0.1) is 11.3 Å². The Morgan fingerprint density at radius 2 is 1.75 bits per heavy atom. The Kier molecular flexibility index (Phi) is 5.51. The molecule has 148 valence electrons. The van der Waals surface area contributed by atoms with Crippen molar-refractivity contribution >= 4 is 21.4 Å². The van der Waals surface area contributed by atoms with Gasteiger partial charge >= 0.3 is 0 Å². The lowest BCUT2D eigenvalue weighted by Gasteiger charge is -2.40. The molecule has 3 unspecified atom stereocenters. The van der Waals surface area contributed by atoms with Crippen LogP contribution in [0.15, 0.2) is 48.5 Å². The van der Waals surface area contributed by atoms with Gasteiger partial charge in [-0.3, -0.25) is 0 Å². The van der Waals surface area contributed by atoms with Crippen molar-refractivity contribution in [3.63, 3.8) is 0 Å². The zero-order valence-electron chi connectivity index (χ0n) is 15.5. The molecular formula is C22H24O5S. The molecule has 0 amide bonds. The summed E-state index contributed by atoms with van der Waals surface area (Å²) in [7, 11) is 0. The molecule has 3 aromatic rings. The Morgan fingerprint density at radius 1 is 0.964 bits per heavy atom. The molecule has 1 fully saturated rings. The molecule has 1 saturated heterocycles. The topological polar surface area (TPSA) is 90.2 Å². The Balaban J connectivity index is 1.61. The van der Waals surface area contributed by atoms with E-state index in [-0.39, 0.29) is 0 Å². The van der Waals surface area contributed by atoms with Gasteiger partial charge in [0.25, 0.3) is 0 Å². The van der Waals surface area contributed by atoms with Gasteiger partial charge in [0.1, 0.15) is 30.5 Å². The van der Waals surface area contributed by atoms with Crippen molar-refractivity contribution in [1.82, 2.24) is 0 Å². The highest BCUT2D eigenvalue weighted by Crippen LogP contribution is 2.35. The highest BCUT2D eigenvalue weighted by atomic mass is 32.1. The molecule has 4 rings (SSSR count). The minimum Gasteiger partial charge on any atom is -0.394 e. The predicted octanol–water partition coefficient (Wildman–Crippen LogP) is 2.32. The summed E-state index contributed by atoms with van der Waals surface area (Å²) in [6.07, 6.45) is -4.93. The molecule has 0 bridgehead atoms. The van der Waals surface area contributed by atoms with Crippen molar-refractivity contribution in [2.45, 2.75) is 43.9 Å². The predicted molar refractivity (Wildman–Crippen MR) is 109 cm³/mol. The number of aliphatic hydroxyl groups is 4. The number of hydrogen-bond donors (Lipinski definition) is 4. The molecule has 1 aromatic heterocycles. The summed E-state index contributed by atoms with van der Waals surface area (Å²) >= 11 is 1.78. The van der Waals surface area contributed by atoms with Gasteiger partial charge in [0.15, 0.2) is 0 Å². The number of rotatable bonds is 4. The van der Waals surface area contributed by atoms with E-state index >= 15 is 0 Å². The van der Waals surface area contributed by atoms with E-state index in [0.29, 0.717) is 5.56 Å². The number of ether oxygens (including phenoxy) is 1. The second-order valence-corrected chi connectivity index (χ2v) is 8.45. The molecule has 0 saturated carbocycles. The second-order valence-electron chi connectivity index (χ2n) is 7.32. The van der Waals surface area contributed by atoms with Crippen LogP contribution in [0, 0.1) is 6.92 Å². The van der Waals surface area contributed by atoms with Gasteiger partial charge in [0.2, 0.25) is 0 Å². The van der Waals surface area contributed by atoms with Gasteiger partial charge in [-0.1, -0.05) is 42.5 Å². The number of hydrogen-bond acceptors (Lipinski definition) is 6. The summed E-state index contributed by atoms with van der Waals surface area (Å²) in [4.78, 5) is 1.28. The van der Waals surface area contributed by atoms with Crippen molar-refractivity contribution in [2.24, 2.45) is 0 Å². The summed E-state index contributed by atoms with van der Waals surface area (Å²) in [5, 5.41) is 41.1. The molecule has 0 aliphatic carbocycles. The Labute approximate surface area is 167 Å². The van der Waals surface area contributed by atoms with Crippen LogP contribution in [-0.4, -0.2) is 51.4 Å². The molecule has 0 radical (unpaired) electrons. The van der Waals surface area contributed by atoms with E-state index in [9.17, 15) is 20.4 Å². The smallest absolute Gasteiger partial charge is 0.113 e. The maximum absolute atomic E-state index is 10.4. The first-order valence-electron chi connectivity index (χ1n) is 9.36. The molecule has 5 nitrogen and oxygen atoms in total. The third-order valence-corrected chi connectivity index (χ3v) is 6.75. The molecule has 0 spiro atoms. The maximum Gasteiger partial charge on any atom is 0.113 e. The quantitative estimate of drug-likeness (QED) is 0.540. The van der Waals surface area contributed by atoms with E-state index in [1.807, 2.05) is 36.4 Å². The van der Waals surface area contributed by atoms with Crippen LogP contribution >= 0.6 is 11.3 Å². The number of thiophene rings is 1. The number of aliphatic hydroxyl groups excluding tert-OH is 4. The van der Waals surface area contributed by atoms with Crippen LogP contribution in [0.3, 0.4) is 0 Å². The summed E-state index contributed by atoms with van der Waals surface area (Å²) in [5.74, 6) is 0. The fourth-order valence-electron chi connectivity index (χ4n) is 3.84. The van der Waals surface area contributed by atoms with Crippen LogP contribution < -0.4 is 0 Å². The first-order chi connectivity index (χ1) is 13.5. The third kappa shape index (κ3) is 3.48. The highest BCUT2D eigenvalue weighted by Gasteiger charge is 2.43. The number of aryl methyl sites for hydroxylation is 1. The Morgan fingerprint density at radius 3 is 2.50 bits per heavy atom. The zero-order chi connectivity index (χ0) is 19.8. The average Bonchev–Trinajstić information content (AvgIpc) is 3.02. The minimum absolute atomic E-state index is 0.428. The Hall–Kier alpha value is -1.80. The largest absolute Gasteiger partial charge is 0.394 e. The van der Waals surface area contributed by atoms with Crippen LogP contribution in [0.1, 0.15) is 27.7 Å². The van der Waals surface area contributed by atoms with Crippen LogP contribution in [0.5, 0.6) is 0 Å². The summed E-state index contributed by atoms with van der Waals surface area (Å²) in [6, 6.07) is 16.1. The van der Waals surface area contributed by atoms with E-state index in [4.69, 9.17) is 4.74 Å². The summed E-state index contributed by atoms with van der Waals surface area (Å²) < 4.78 is 6.95. The van der Waals surface area contributed by atoms with Gasteiger partial charge in [-0.25, -0.2) is 0 Å². The Bertz CT molecular complexity index is 966. The molecule has 1 aliphatic heterocycles. The van der Waals surface area contributed by atoms with E-state index in [1.165, 1.54) is 20.5 Å². The number of fused-ring (bicyclic) bond motifs is 1. The summed E-state index contributed by atoms with van der Waals surface area (Å²) in [5.41, 5.74) is 3.07. The van der Waals surface area contributed by atoms with Crippen LogP contribution in [0.4, 0.5) is 0 Å². The van der Waals surface area contributed by atoms with Gasteiger partial charge < -0.3 is 25.2 Å². The van der Waals surface area contributed by atoms with Crippen molar-refractivity contribution in [2.75, 3.05) is 6.61 Å². The first-order valence-corrected chi connectivity index (χ1v) is 10.2. The van der Waals surface area contributed by atoms with E-state index in [0.717, 1.165) is 12.0 Å². The maximum atomic E-state index is 10.4. The van der Waals surface area contributed by atoms with Crippen molar-refractivity contribution in [1.29, 1.82) is 0 Å². The molecule has 2 heterocycles. The van der Waals surface area contributed by atoms with Crippen molar-refractivity contribution in [3.8, 4) is 0 Å². The molecular weight excluding hydrogens is 376 g/mol. The zero-order valence-corrected chi connectivity index (χ0v) is 16.3. The van der Waals surface area contributed by atoms with Gasteiger partial charge in [0, 0.05) is 16.0 Å². The summed E-state index contributed by atoms with van der Waals surface area (Å²) in [6.45, 7) is 1.71. The van der Waals surface area contributed by atoms with E-state index < -0.39 is 37.1 Å². The minimum atomic E-state index is -1.37. The first kappa shape index (κ1) is 19.5. The molecule has 5 atom stereocenters. The molecule has 4 N–H and O–H groups in total. The van der Waals surface area contributed by atoms with Crippen molar-refractivity contribution in [3.05, 3.63) is 70.1 Å². The SMILES string of the molecule is Cc1c(Cc2cccc(C3OC(CO)[C@@H](O)C(O)[C@H]3O)c2)sc2ccccc12.